The van der Waals surface area contributed by atoms with Crippen molar-refractivity contribution in [1.82, 2.24) is 5.32 Å². The fourth-order valence-corrected chi connectivity index (χ4v) is 5.68. The molecule has 0 aliphatic heterocycles. The number of nitrogens with one attached hydrogen (secondary N) is 1. The van der Waals surface area contributed by atoms with Crippen LogP contribution in [-0.4, -0.2) is 34.7 Å². The van der Waals surface area contributed by atoms with E-state index in [0.717, 1.165) is 32.1 Å². The van der Waals surface area contributed by atoms with Gasteiger partial charge in [0.2, 0.25) is 5.91 Å². The van der Waals surface area contributed by atoms with E-state index in [1.54, 1.807) is 0 Å². The van der Waals surface area contributed by atoms with Gasteiger partial charge in [-0.3, -0.25) is 9.59 Å². The van der Waals surface area contributed by atoms with Crippen LogP contribution in [0.15, 0.2) is 0 Å². The molecule has 122 valence electrons. The number of aliphatic hydroxyl groups is 1. The molecule has 0 aromatic rings. The predicted octanol–water partition coefficient (Wildman–Crippen LogP) is 1.54. The summed E-state index contributed by atoms with van der Waals surface area (Å²) in [6.45, 7) is 0.578. The van der Waals surface area contributed by atoms with Gasteiger partial charge in [0.15, 0.2) is 0 Å². The largest absolute Gasteiger partial charge is 0.480 e. The monoisotopic (exact) mass is 307 g/mol. The van der Waals surface area contributed by atoms with Gasteiger partial charge in [-0.2, -0.15) is 0 Å². The van der Waals surface area contributed by atoms with E-state index in [0.29, 0.717) is 37.1 Å². The van der Waals surface area contributed by atoms with E-state index in [9.17, 15) is 19.8 Å². The molecule has 4 saturated carbocycles. The fraction of sp³-hybridized carbons (Fsp3) is 0.882. The normalized spacial score (nSPS) is 40.0. The molecule has 0 aromatic carbocycles. The third-order valence-electron chi connectivity index (χ3n) is 7.10. The maximum absolute atomic E-state index is 12.5. The number of carboxylic acid groups (broad SMARTS) is 1. The molecule has 4 fully saturated rings. The Morgan fingerprint density at radius 2 is 1.82 bits per heavy atom. The minimum absolute atomic E-state index is 0.159. The summed E-state index contributed by atoms with van der Waals surface area (Å²) in [6, 6.07) is 0. The molecule has 0 unspecified atom stereocenters. The zero-order valence-corrected chi connectivity index (χ0v) is 12.9. The van der Waals surface area contributed by atoms with Gasteiger partial charge >= 0.3 is 5.97 Å². The number of carbonyl (C=O) groups excluding carboxylic acids is 1. The Hall–Kier alpha value is -1.10. The second kappa shape index (κ2) is 4.70. The van der Waals surface area contributed by atoms with Crippen molar-refractivity contribution in [3.63, 3.8) is 0 Å². The number of aliphatic carboxylic acids is 1. The number of hydrogen-bond donors (Lipinski definition) is 3. The van der Waals surface area contributed by atoms with Crippen LogP contribution in [0.4, 0.5) is 0 Å². The molecule has 4 rings (SSSR count). The van der Waals surface area contributed by atoms with Gasteiger partial charge in [-0.15, -0.1) is 0 Å². The van der Waals surface area contributed by atoms with Crippen LogP contribution in [0.3, 0.4) is 0 Å². The highest BCUT2D eigenvalue weighted by Crippen LogP contribution is 2.64. The summed E-state index contributed by atoms with van der Waals surface area (Å²) in [7, 11) is 0. The smallest absolute Gasteiger partial charge is 0.319 e. The van der Waals surface area contributed by atoms with Crippen LogP contribution in [0.1, 0.15) is 51.4 Å². The van der Waals surface area contributed by atoms with Crippen molar-refractivity contribution >= 4 is 11.9 Å². The topological polar surface area (TPSA) is 86.6 Å². The molecule has 4 aliphatic rings. The Morgan fingerprint density at radius 1 is 1.09 bits per heavy atom. The molecule has 2 bridgehead atoms. The molecule has 22 heavy (non-hydrogen) atoms. The van der Waals surface area contributed by atoms with Gasteiger partial charge in [0.25, 0.3) is 0 Å². The lowest BCUT2D eigenvalue weighted by Gasteiger charge is -2.58. The van der Waals surface area contributed by atoms with E-state index in [2.05, 4.69) is 5.32 Å². The SMILES string of the molecule is O=C(O)C1(C(=O)NC[C@@H]2C[C@H]3C[C@@H]2C[C@H]3O)CC2(CCC2)C1. The van der Waals surface area contributed by atoms with E-state index in [4.69, 9.17) is 0 Å². The Balaban J connectivity index is 1.34. The van der Waals surface area contributed by atoms with Crippen LogP contribution in [0.25, 0.3) is 0 Å². The number of carbonyl (C=O) groups is 2. The Bertz CT molecular complexity index is 503. The third kappa shape index (κ3) is 1.94. The van der Waals surface area contributed by atoms with Crippen LogP contribution >= 0.6 is 0 Å². The summed E-state index contributed by atoms with van der Waals surface area (Å²) < 4.78 is 0. The lowest BCUT2D eigenvalue weighted by Crippen LogP contribution is -2.61. The number of aliphatic hydroxyl groups excluding tert-OH is 1. The molecule has 4 aliphatic carbocycles. The number of rotatable bonds is 4. The minimum Gasteiger partial charge on any atom is -0.480 e. The van der Waals surface area contributed by atoms with Gasteiger partial charge in [0.05, 0.1) is 6.10 Å². The Labute approximate surface area is 130 Å². The summed E-state index contributed by atoms with van der Waals surface area (Å²) in [6.07, 6.45) is 7.10. The van der Waals surface area contributed by atoms with Gasteiger partial charge in [0.1, 0.15) is 5.41 Å². The summed E-state index contributed by atoms with van der Waals surface area (Å²) in [5.41, 5.74) is -1.01. The lowest BCUT2D eigenvalue weighted by molar-refractivity contribution is -0.181. The van der Waals surface area contributed by atoms with Crippen molar-refractivity contribution in [2.75, 3.05) is 6.54 Å². The standard InChI is InChI=1S/C17H25NO4/c19-13-6-10-4-11(13)5-12(10)7-18-14(20)17(15(21)22)8-16(9-17)2-1-3-16/h10-13,19H,1-9H2,(H,18,20)(H,21,22)/t10-,11-,12+,13-/m1/s1. The second-order valence-corrected chi connectivity index (χ2v) is 8.36. The molecule has 3 N–H and O–H groups in total. The molecule has 4 atom stereocenters. The maximum atomic E-state index is 12.5. The Kier molecular flexibility index (Phi) is 3.09. The predicted molar refractivity (Wildman–Crippen MR) is 78.9 cm³/mol. The van der Waals surface area contributed by atoms with Gasteiger partial charge in [-0.1, -0.05) is 6.42 Å². The summed E-state index contributed by atoms with van der Waals surface area (Å²) >= 11 is 0. The average Bonchev–Trinajstić information content (AvgIpc) is 2.91. The molecular formula is C17H25NO4. The first kappa shape index (κ1) is 14.5. The lowest BCUT2D eigenvalue weighted by atomic mass is 9.45. The molecule has 1 spiro atoms. The average molecular weight is 307 g/mol. The fourth-order valence-electron chi connectivity index (χ4n) is 5.68. The molecular weight excluding hydrogens is 282 g/mol. The summed E-state index contributed by atoms with van der Waals surface area (Å²) in [5, 5.41) is 22.3. The van der Waals surface area contributed by atoms with Crippen molar-refractivity contribution in [3.8, 4) is 0 Å². The van der Waals surface area contributed by atoms with Crippen LogP contribution in [0, 0.1) is 28.6 Å². The Morgan fingerprint density at radius 3 is 2.27 bits per heavy atom. The van der Waals surface area contributed by atoms with Gasteiger partial charge in [0, 0.05) is 6.54 Å². The van der Waals surface area contributed by atoms with Crippen molar-refractivity contribution in [3.05, 3.63) is 0 Å². The van der Waals surface area contributed by atoms with Gasteiger partial charge in [-0.25, -0.2) is 0 Å². The van der Waals surface area contributed by atoms with Crippen LogP contribution in [0.2, 0.25) is 0 Å². The highest BCUT2D eigenvalue weighted by molar-refractivity contribution is 6.03. The molecule has 5 heteroatoms. The van der Waals surface area contributed by atoms with E-state index >= 15 is 0 Å². The highest BCUT2D eigenvalue weighted by atomic mass is 16.4. The van der Waals surface area contributed by atoms with E-state index < -0.39 is 11.4 Å². The summed E-state index contributed by atoms with van der Waals surface area (Å²) in [5.74, 6) is 0.0791. The first-order valence-electron chi connectivity index (χ1n) is 8.64. The van der Waals surface area contributed by atoms with Crippen molar-refractivity contribution < 1.29 is 19.8 Å². The molecule has 1 amide bonds. The first-order valence-corrected chi connectivity index (χ1v) is 8.64. The van der Waals surface area contributed by atoms with Gasteiger partial charge < -0.3 is 15.5 Å². The molecule has 5 nitrogen and oxygen atoms in total. The molecule has 0 saturated heterocycles. The number of carboxylic acids is 1. The molecule has 0 radical (unpaired) electrons. The first-order chi connectivity index (χ1) is 10.4. The maximum Gasteiger partial charge on any atom is 0.319 e. The molecule has 0 heterocycles. The van der Waals surface area contributed by atoms with Gasteiger partial charge in [-0.05, 0) is 68.1 Å². The summed E-state index contributed by atoms with van der Waals surface area (Å²) in [4.78, 5) is 24.1. The van der Waals surface area contributed by atoms with E-state index in [1.165, 1.54) is 6.42 Å². The number of amides is 1. The van der Waals surface area contributed by atoms with Crippen molar-refractivity contribution in [2.45, 2.75) is 57.5 Å². The number of hydrogen-bond acceptors (Lipinski definition) is 3. The van der Waals surface area contributed by atoms with Crippen LogP contribution < -0.4 is 5.32 Å². The highest BCUT2D eigenvalue weighted by Gasteiger charge is 2.65. The second-order valence-electron chi connectivity index (χ2n) is 8.36. The quantitative estimate of drug-likeness (QED) is 0.688. The van der Waals surface area contributed by atoms with E-state index in [1.807, 2.05) is 0 Å². The van der Waals surface area contributed by atoms with Crippen molar-refractivity contribution in [1.29, 1.82) is 0 Å². The minimum atomic E-state index is -1.17. The number of fused-ring (bicyclic) bond motifs is 2. The zero-order valence-electron chi connectivity index (χ0n) is 12.9. The van der Waals surface area contributed by atoms with Crippen LogP contribution in [-0.2, 0) is 9.59 Å². The zero-order chi connectivity index (χ0) is 15.5. The van der Waals surface area contributed by atoms with E-state index in [-0.39, 0.29) is 17.4 Å². The third-order valence-corrected chi connectivity index (χ3v) is 7.10. The van der Waals surface area contributed by atoms with Crippen LogP contribution in [0.5, 0.6) is 0 Å². The molecule has 0 aromatic heterocycles. The van der Waals surface area contributed by atoms with Crippen molar-refractivity contribution in [2.24, 2.45) is 28.6 Å².